The number of aryl methyl sites for hydroxylation is 5. The molecule has 1 aliphatic rings. The molecule has 7 aromatic carbocycles. The maximum absolute atomic E-state index is 12.7. The minimum absolute atomic E-state index is 0.0698. The molecule has 0 spiro atoms. The van der Waals surface area contributed by atoms with E-state index in [0.717, 1.165) is 6.08 Å². The van der Waals surface area contributed by atoms with Gasteiger partial charge in [0.2, 0.25) is 0 Å². The van der Waals surface area contributed by atoms with Crippen LogP contribution in [0.5, 0.6) is 17.2 Å². The SMILES string of the molecule is COc1ccc(Nc2ccc3c(O)c(N=Nc4cc(C)c(N=Nc5cc(C)c(N=Nc6cc(C)c(N=Nc7ccc8c(c7)C(S(=O)(=O)O)CC(S(=O)(=O)O)=C8)cc6C)cc5OCCCS(=O)(=O)O)cc4C)c(S(=O)(=O)O)cc3c2)cc1. The minimum Gasteiger partial charge on any atom is -0.505 e. The van der Waals surface area contributed by atoms with E-state index >= 15 is 0 Å². The van der Waals surface area contributed by atoms with E-state index in [1.807, 2.05) is 0 Å². The number of anilines is 2. The van der Waals surface area contributed by atoms with Gasteiger partial charge in [-0.25, -0.2) is 0 Å². The first-order valence-corrected chi connectivity index (χ1v) is 30.1. The van der Waals surface area contributed by atoms with Crippen molar-refractivity contribution in [3.8, 4) is 17.2 Å². The van der Waals surface area contributed by atoms with Crippen molar-refractivity contribution in [2.24, 2.45) is 40.9 Å². The monoisotopic (exact) mass is 1180 g/mol. The molecule has 422 valence electrons. The fraction of sp³-hybridized carbons (Fsp3) is 0.208. The van der Waals surface area contributed by atoms with Crippen LogP contribution in [0, 0.1) is 34.6 Å². The standard InChI is InChI=1S/C53H51N9O15S4/c1-29-19-44(30(2)18-43(29)56-55-38-9-8-34-24-40(79(67,68)69)27-50(42(34)26-38)80(70,71)72)57-59-47-28-49(77-16-7-17-78(64,65)66)48(22-33(47)5)61-58-45-20-32(4)46(21-31(45)3)60-62-52-51(81(73,74)75)25-35-23-37(12-15-41(35)53(52)63)54-36-10-13-39(76-6)14-11-36/h8-15,18-26,28,50,54,63H,7,16-17,27H2,1-6H3,(H,64,65,66)(H,67,68,69)(H,70,71,72)(H,73,74,75). The maximum Gasteiger partial charge on any atom is 0.296 e. The molecular formula is C53H51N9O15S4. The molecule has 8 rings (SSSR count). The second-order valence-electron chi connectivity index (χ2n) is 18.7. The normalized spacial score (nSPS) is 14.3. The Balaban J connectivity index is 1.03. The average Bonchev–Trinajstić information content (AvgIpc) is 3.54. The molecule has 24 nitrogen and oxygen atoms in total. The Morgan fingerprint density at radius 3 is 1.62 bits per heavy atom. The summed E-state index contributed by atoms with van der Waals surface area (Å²) in [7, 11) is -17.2. The Morgan fingerprint density at radius 1 is 0.568 bits per heavy atom. The molecule has 0 bridgehead atoms. The molecule has 0 saturated heterocycles. The third-order valence-corrected chi connectivity index (χ3v) is 16.4. The molecule has 0 saturated carbocycles. The van der Waals surface area contributed by atoms with Crippen LogP contribution >= 0.6 is 0 Å². The summed E-state index contributed by atoms with van der Waals surface area (Å²) < 4.78 is 147. The zero-order valence-electron chi connectivity index (χ0n) is 43.8. The van der Waals surface area contributed by atoms with E-state index in [1.165, 1.54) is 24.3 Å². The van der Waals surface area contributed by atoms with Crippen LogP contribution in [0.25, 0.3) is 16.8 Å². The number of phenols is 1. The number of benzene rings is 7. The number of hydrogen-bond donors (Lipinski definition) is 6. The summed E-state index contributed by atoms with van der Waals surface area (Å²) in [6.45, 7) is 8.51. The van der Waals surface area contributed by atoms with Gasteiger partial charge < -0.3 is 19.9 Å². The summed E-state index contributed by atoms with van der Waals surface area (Å²) >= 11 is 0. The number of nitrogens with one attached hydrogen (secondary N) is 1. The van der Waals surface area contributed by atoms with Crippen LogP contribution < -0.4 is 14.8 Å². The van der Waals surface area contributed by atoms with E-state index in [1.54, 1.807) is 121 Å². The van der Waals surface area contributed by atoms with Gasteiger partial charge in [0.15, 0.2) is 5.75 Å². The molecule has 1 aliphatic carbocycles. The number of allylic oxidation sites excluding steroid dienone is 1. The van der Waals surface area contributed by atoms with E-state index in [4.69, 9.17) is 9.47 Å². The van der Waals surface area contributed by atoms with Gasteiger partial charge in [0.1, 0.15) is 33.0 Å². The van der Waals surface area contributed by atoms with E-state index in [0.29, 0.717) is 67.7 Å². The topological polar surface area (TPSA) is 367 Å². The Morgan fingerprint density at radius 2 is 1.09 bits per heavy atom. The molecule has 7 aromatic rings. The first-order chi connectivity index (χ1) is 38.0. The zero-order valence-corrected chi connectivity index (χ0v) is 47.1. The molecule has 28 heteroatoms. The van der Waals surface area contributed by atoms with Crippen molar-refractivity contribution in [1.29, 1.82) is 0 Å². The maximum atomic E-state index is 12.7. The van der Waals surface area contributed by atoms with Gasteiger partial charge in [-0.15, -0.1) is 10.2 Å². The Bertz CT molecular complexity index is 4300. The molecule has 0 radical (unpaired) electrons. The predicted octanol–water partition coefficient (Wildman–Crippen LogP) is 14.0. The number of methoxy groups -OCH3 is 1. The van der Waals surface area contributed by atoms with Crippen molar-refractivity contribution < 1.29 is 66.5 Å². The number of nitrogens with zero attached hydrogens (tertiary/aromatic N) is 8. The van der Waals surface area contributed by atoms with Gasteiger partial charge in [-0.05, 0) is 182 Å². The van der Waals surface area contributed by atoms with Crippen molar-refractivity contribution in [1.82, 2.24) is 0 Å². The molecule has 0 heterocycles. The Hall–Kier alpha value is -8.22. The van der Waals surface area contributed by atoms with Gasteiger partial charge in [-0.1, -0.05) is 6.07 Å². The summed E-state index contributed by atoms with van der Waals surface area (Å²) in [5.41, 5.74) is 6.20. The molecule has 0 amide bonds. The van der Waals surface area contributed by atoms with Crippen molar-refractivity contribution in [3.05, 3.63) is 147 Å². The fourth-order valence-corrected chi connectivity index (χ4v) is 11.2. The number of rotatable bonds is 19. The van der Waals surface area contributed by atoms with Crippen LogP contribution in [0.3, 0.4) is 0 Å². The van der Waals surface area contributed by atoms with E-state index in [9.17, 15) is 57.0 Å². The minimum atomic E-state index is -4.93. The van der Waals surface area contributed by atoms with E-state index < -0.39 is 79.1 Å². The second kappa shape index (κ2) is 23.5. The lowest BCUT2D eigenvalue weighted by molar-refractivity contribution is 0.317. The van der Waals surface area contributed by atoms with E-state index in [-0.39, 0.29) is 57.7 Å². The molecule has 0 aliphatic heterocycles. The smallest absolute Gasteiger partial charge is 0.296 e. The van der Waals surface area contributed by atoms with Gasteiger partial charge in [-0.3, -0.25) is 18.2 Å². The van der Waals surface area contributed by atoms with Crippen LogP contribution in [-0.4, -0.2) is 76.5 Å². The Labute approximate surface area is 465 Å². The summed E-state index contributed by atoms with van der Waals surface area (Å²) in [4.78, 5) is -1.24. The molecule has 1 atom stereocenters. The number of ether oxygens (including phenoxy) is 2. The summed E-state index contributed by atoms with van der Waals surface area (Å²) in [6, 6.07) is 27.2. The highest BCUT2D eigenvalue weighted by Gasteiger charge is 2.35. The third kappa shape index (κ3) is 14.4. The first-order valence-electron chi connectivity index (χ1n) is 24.1. The molecule has 0 aromatic heterocycles. The number of aromatic hydroxyl groups is 1. The Kier molecular flexibility index (Phi) is 17.1. The quantitative estimate of drug-likeness (QED) is 0.0249. The fourth-order valence-electron chi connectivity index (χ4n) is 8.39. The van der Waals surface area contributed by atoms with Crippen molar-refractivity contribution in [2.45, 2.75) is 57.6 Å². The average molecular weight is 1180 g/mol. The predicted molar refractivity (Wildman–Crippen MR) is 303 cm³/mol. The van der Waals surface area contributed by atoms with Gasteiger partial charge in [0.25, 0.3) is 40.5 Å². The zero-order chi connectivity index (χ0) is 58.8. The number of azo groups is 4. The van der Waals surface area contributed by atoms with Gasteiger partial charge in [0.05, 0.1) is 58.5 Å². The van der Waals surface area contributed by atoms with Crippen LogP contribution in [0.15, 0.2) is 154 Å². The van der Waals surface area contributed by atoms with Gasteiger partial charge in [0, 0.05) is 29.2 Å². The van der Waals surface area contributed by atoms with Crippen molar-refractivity contribution >= 4 is 114 Å². The first kappa shape index (κ1) is 58.9. The summed E-state index contributed by atoms with van der Waals surface area (Å²) in [6.07, 6.45) is 0.366. The highest BCUT2D eigenvalue weighted by atomic mass is 32.2. The number of hydrogen-bond acceptors (Lipinski definition) is 20. The molecule has 0 fully saturated rings. The molecular weight excluding hydrogens is 1130 g/mol. The third-order valence-electron chi connectivity index (χ3n) is 12.7. The lowest BCUT2D eigenvalue weighted by atomic mass is 9.96. The summed E-state index contributed by atoms with van der Waals surface area (Å²) in [5, 5.41) is 48.3. The molecule has 81 heavy (non-hydrogen) atoms. The van der Waals surface area contributed by atoms with Crippen molar-refractivity contribution in [3.63, 3.8) is 0 Å². The highest BCUT2D eigenvalue weighted by molar-refractivity contribution is 7.90. The van der Waals surface area contributed by atoms with Gasteiger partial charge >= 0.3 is 0 Å². The van der Waals surface area contributed by atoms with Crippen molar-refractivity contribution in [2.75, 3.05) is 24.8 Å². The lowest BCUT2D eigenvalue weighted by Gasteiger charge is -2.22. The largest absolute Gasteiger partial charge is 0.505 e. The van der Waals surface area contributed by atoms with Gasteiger partial charge in [-0.2, -0.15) is 64.4 Å². The number of fused-ring (bicyclic) bond motifs is 2. The van der Waals surface area contributed by atoms with E-state index in [2.05, 4.69) is 46.2 Å². The number of phenolic OH excluding ortho intramolecular Hbond substituents is 1. The summed E-state index contributed by atoms with van der Waals surface area (Å²) in [5.74, 6) is -0.300. The molecule has 1 unspecified atom stereocenters. The lowest BCUT2D eigenvalue weighted by Crippen LogP contribution is -2.19. The van der Waals surface area contributed by atoms with Crippen LogP contribution in [0.4, 0.5) is 56.9 Å². The van der Waals surface area contributed by atoms with Crippen LogP contribution in [0.2, 0.25) is 0 Å². The molecule has 6 N–H and O–H groups in total. The second-order valence-corrected chi connectivity index (χ2v) is 24.7. The van der Waals surface area contributed by atoms with Crippen LogP contribution in [-0.2, 0) is 40.5 Å². The van der Waals surface area contributed by atoms with Crippen LogP contribution in [0.1, 0.15) is 57.0 Å². The highest BCUT2D eigenvalue weighted by Crippen LogP contribution is 2.45.